The average Bonchev–Trinajstić information content (AvgIpc) is 3.11. The zero-order chi connectivity index (χ0) is 25.0. The van der Waals surface area contributed by atoms with Gasteiger partial charge in [0.1, 0.15) is 5.60 Å². The van der Waals surface area contributed by atoms with E-state index in [1.165, 1.54) is 0 Å². The minimum atomic E-state index is -0.480. The number of benzene rings is 2. The summed E-state index contributed by atoms with van der Waals surface area (Å²) in [6.07, 6.45) is 5.58. The largest absolute Gasteiger partial charge is 0.444 e. The molecule has 184 valence electrons. The van der Waals surface area contributed by atoms with E-state index >= 15 is 0 Å². The molecule has 0 unspecified atom stereocenters. The van der Waals surface area contributed by atoms with Gasteiger partial charge in [0.05, 0.1) is 11.3 Å². The van der Waals surface area contributed by atoms with Gasteiger partial charge in [-0.2, -0.15) is 0 Å². The third kappa shape index (κ3) is 5.47. The molecule has 2 aromatic carbocycles. The zero-order valence-electron chi connectivity index (χ0n) is 20.9. The molecule has 1 aliphatic rings. The highest BCUT2D eigenvalue weighted by Crippen LogP contribution is 2.39. The van der Waals surface area contributed by atoms with Gasteiger partial charge in [-0.15, -0.1) is 0 Å². The van der Waals surface area contributed by atoms with Crippen molar-refractivity contribution in [3.05, 3.63) is 70.0 Å². The van der Waals surface area contributed by atoms with Crippen LogP contribution in [0.3, 0.4) is 0 Å². The van der Waals surface area contributed by atoms with Crippen molar-refractivity contribution >= 4 is 22.6 Å². The molecule has 0 atom stereocenters. The van der Waals surface area contributed by atoms with Crippen molar-refractivity contribution < 1.29 is 14.3 Å². The van der Waals surface area contributed by atoms with Gasteiger partial charge in [-0.1, -0.05) is 68.1 Å². The Morgan fingerprint density at radius 3 is 2.14 bits per heavy atom. The highest BCUT2D eigenvalue weighted by atomic mass is 16.6. The Hall–Kier alpha value is -3.41. The Morgan fingerprint density at radius 1 is 0.829 bits per heavy atom. The first-order chi connectivity index (χ1) is 16.8. The number of ether oxygens (including phenoxy) is 1. The van der Waals surface area contributed by atoms with Crippen LogP contribution in [0.25, 0.3) is 22.0 Å². The van der Waals surface area contributed by atoms with Crippen molar-refractivity contribution in [1.29, 1.82) is 0 Å². The number of hydrogen-bond acceptors (Lipinski definition) is 4. The van der Waals surface area contributed by atoms with Crippen LogP contribution in [0.5, 0.6) is 0 Å². The number of carbonyl (C=O) groups is 2. The van der Waals surface area contributed by atoms with Crippen LogP contribution in [0.4, 0.5) is 4.79 Å². The number of amides is 1. The molecular weight excluding hydrogens is 440 g/mol. The summed E-state index contributed by atoms with van der Waals surface area (Å²) in [4.78, 5) is 38.3. The highest BCUT2D eigenvalue weighted by molar-refractivity contribution is 6.26. The molecule has 35 heavy (non-hydrogen) atoms. The molecule has 0 fully saturated rings. The van der Waals surface area contributed by atoms with E-state index in [2.05, 4.69) is 5.32 Å². The zero-order valence-corrected chi connectivity index (χ0v) is 20.9. The monoisotopic (exact) mass is 474 g/mol. The lowest BCUT2D eigenvalue weighted by Crippen LogP contribution is -2.32. The summed E-state index contributed by atoms with van der Waals surface area (Å²) in [6.45, 7) is 6.76. The molecular formula is C29H34N2O4. The number of fused-ring (bicyclic) bond motifs is 5. The summed E-state index contributed by atoms with van der Waals surface area (Å²) in [5, 5.41) is 4.13. The van der Waals surface area contributed by atoms with E-state index < -0.39 is 5.60 Å². The predicted molar refractivity (Wildman–Crippen MR) is 139 cm³/mol. The molecule has 1 heterocycles. The fourth-order valence-electron chi connectivity index (χ4n) is 4.75. The van der Waals surface area contributed by atoms with E-state index in [0.717, 1.165) is 55.2 Å². The number of unbranched alkanes of at least 4 members (excludes halogenated alkanes) is 5. The van der Waals surface area contributed by atoms with Crippen LogP contribution in [0.15, 0.2) is 53.3 Å². The Bertz CT molecular complexity index is 1300. The SMILES string of the molecule is CC(C)(C)OC(=O)NCCCCCCCCn1c2c(c3ccccc3c1=O)C(=O)c1ccccc1-2. The maximum Gasteiger partial charge on any atom is 0.407 e. The standard InChI is InChI=1S/C29H34N2O4/c1-29(2,3)35-28(34)30-18-12-6-4-5-7-13-19-31-25-21-15-9-10-16-22(21)26(32)24(25)20-14-8-11-17-23(20)27(31)33/h8-11,14-17H,4-7,12-13,18-19H2,1-3H3,(H,30,34). The van der Waals surface area contributed by atoms with Gasteiger partial charge in [0.2, 0.25) is 0 Å². The third-order valence-electron chi connectivity index (χ3n) is 6.31. The predicted octanol–water partition coefficient (Wildman–Crippen LogP) is 6.08. The minimum absolute atomic E-state index is 0.000501. The van der Waals surface area contributed by atoms with E-state index in [1.807, 2.05) is 73.9 Å². The molecule has 1 N–H and O–H groups in total. The fourth-order valence-corrected chi connectivity index (χ4v) is 4.75. The summed E-state index contributed by atoms with van der Waals surface area (Å²) in [5.74, 6) is 0.000501. The van der Waals surface area contributed by atoms with Crippen LogP contribution in [-0.2, 0) is 11.3 Å². The normalized spacial score (nSPS) is 12.5. The summed E-state index contributed by atoms with van der Waals surface area (Å²) in [7, 11) is 0. The van der Waals surface area contributed by atoms with Crippen LogP contribution in [0.1, 0.15) is 75.2 Å². The van der Waals surface area contributed by atoms with Gasteiger partial charge in [-0.05, 0) is 39.7 Å². The lowest BCUT2D eigenvalue weighted by molar-refractivity contribution is 0.0526. The van der Waals surface area contributed by atoms with Gasteiger partial charge in [-0.25, -0.2) is 4.79 Å². The van der Waals surface area contributed by atoms with Crippen LogP contribution in [0.2, 0.25) is 0 Å². The smallest absolute Gasteiger partial charge is 0.407 e. The van der Waals surface area contributed by atoms with Crippen LogP contribution in [-0.4, -0.2) is 28.6 Å². The summed E-state index contributed by atoms with van der Waals surface area (Å²) in [6, 6.07) is 15.0. The molecule has 0 saturated carbocycles. The molecule has 0 saturated heterocycles. The number of pyridine rings is 1. The Balaban J connectivity index is 1.34. The number of carbonyl (C=O) groups excluding carboxylic acids is 2. The number of alkyl carbamates (subject to hydrolysis) is 1. The molecule has 3 aromatic rings. The third-order valence-corrected chi connectivity index (χ3v) is 6.31. The van der Waals surface area contributed by atoms with Crippen LogP contribution in [0, 0.1) is 0 Å². The quantitative estimate of drug-likeness (QED) is 0.298. The first kappa shape index (κ1) is 24.7. The van der Waals surface area contributed by atoms with Crippen molar-refractivity contribution in [3.8, 4) is 11.3 Å². The molecule has 0 radical (unpaired) electrons. The number of rotatable bonds is 9. The fraction of sp³-hybridized carbons (Fsp3) is 0.414. The van der Waals surface area contributed by atoms with E-state index in [1.54, 1.807) is 0 Å². The number of nitrogens with one attached hydrogen (secondary N) is 1. The van der Waals surface area contributed by atoms with Gasteiger partial charge in [0.25, 0.3) is 5.56 Å². The summed E-state index contributed by atoms with van der Waals surface area (Å²) >= 11 is 0. The number of ketones is 1. The highest BCUT2D eigenvalue weighted by Gasteiger charge is 2.32. The van der Waals surface area contributed by atoms with Crippen LogP contribution < -0.4 is 10.9 Å². The average molecular weight is 475 g/mol. The van der Waals surface area contributed by atoms with Gasteiger partial charge < -0.3 is 14.6 Å². The molecule has 1 aromatic heterocycles. The van der Waals surface area contributed by atoms with E-state index in [4.69, 9.17) is 4.74 Å². The second kappa shape index (κ2) is 10.5. The van der Waals surface area contributed by atoms with Crippen molar-refractivity contribution in [2.24, 2.45) is 0 Å². The molecule has 6 heteroatoms. The van der Waals surface area contributed by atoms with Gasteiger partial charge >= 0.3 is 6.09 Å². The lowest BCUT2D eigenvalue weighted by atomic mass is 10.0. The Labute approximate surface area is 206 Å². The lowest BCUT2D eigenvalue weighted by Gasteiger charge is -2.19. The second-order valence-electron chi connectivity index (χ2n) is 10.2. The Kier molecular flexibility index (Phi) is 7.39. The first-order valence-corrected chi connectivity index (χ1v) is 12.5. The van der Waals surface area contributed by atoms with Crippen LogP contribution >= 0.6 is 0 Å². The summed E-state index contributed by atoms with van der Waals surface area (Å²) < 4.78 is 7.05. The van der Waals surface area contributed by atoms with E-state index in [0.29, 0.717) is 29.6 Å². The second-order valence-corrected chi connectivity index (χ2v) is 10.2. The molecule has 0 aliphatic heterocycles. The van der Waals surface area contributed by atoms with Gasteiger partial charge in [0, 0.05) is 35.0 Å². The molecule has 4 rings (SSSR count). The summed E-state index contributed by atoms with van der Waals surface area (Å²) in [5.41, 5.74) is 2.44. The van der Waals surface area contributed by atoms with Gasteiger partial charge in [-0.3, -0.25) is 9.59 Å². The number of nitrogens with zero attached hydrogens (tertiary/aromatic N) is 1. The van der Waals surface area contributed by atoms with Gasteiger partial charge in [0.15, 0.2) is 5.78 Å². The first-order valence-electron chi connectivity index (χ1n) is 12.5. The van der Waals surface area contributed by atoms with Crippen molar-refractivity contribution in [2.45, 2.75) is 71.4 Å². The molecule has 0 bridgehead atoms. The molecule has 6 nitrogen and oxygen atoms in total. The topological polar surface area (TPSA) is 77.4 Å². The molecule has 0 spiro atoms. The number of hydrogen-bond donors (Lipinski definition) is 1. The number of aromatic nitrogens is 1. The Morgan fingerprint density at radius 2 is 1.43 bits per heavy atom. The molecule has 1 amide bonds. The van der Waals surface area contributed by atoms with Crippen molar-refractivity contribution in [3.63, 3.8) is 0 Å². The maximum absolute atomic E-state index is 13.4. The van der Waals surface area contributed by atoms with E-state index in [-0.39, 0.29) is 17.4 Å². The van der Waals surface area contributed by atoms with Crippen molar-refractivity contribution in [2.75, 3.05) is 6.54 Å². The maximum atomic E-state index is 13.4. The minimum Gasteiger partial charge on any atom is -0.444 e. The van der Waals surface area contributed by atoms with E-state index in [9.17, 15) is 14.4 Å². The molecule has 1 aliphatic carbocycles. The van der Waals surface area contributed by atoms with Crippen molar-refractivity contribution in [1.82, 2.24) is 9.88 Å².